The molecule has 5 nitrogen and oxygen atoms in total. The molecule has 1 aliphatic carbocycles. The van der Waals surface area contributed by atoms with E-state index in [1.807, 2.05) is 0 Å². The molecule has 3 N–H and O–H groups in total. The largest absolute Gasteiger partial charge is 0.377 e. The van der Waals surface area contributed by atoms with Crippen molar-refractivity contribution in [2.45, 2.75) is 56.6 Å². The minimum atomic E-state index is -3.29. The quantitative estimate of drug-likeness (QED) is 0.776. The zero-order valence-electron chi connectivity index (χ0n) is 10.9. The van der Waals surface area contributed by atoms with Gasteiger partial charge in [-0.1, -0.05) is 12.8 Å². The first-order valence-electron chi connectivity index (χ1n) is 6.89. The molecule has 6 heteroatoms. The van der Waals surface area contributed by atoms with Crippen LogP contribution in [0.25, 0.3) is 0 Å². The molecule has 0 spiro atoms. The summed E-state index contributed by atoms with van der Waals surface area (Å²) in [5.41, 5.74) is 5.36. The molecule has 2 fully saturated rings. The maximum Gasteiger partial charge on any atom is 0.214 e. The Morgan fingerprint density at radius 2 is 1.94 bits per heavy atom. The smallest absolute Gasteiger partial charge is 0.214 e. The number of ether oxygens (including phenoxy) is 1. The van der Waals surface area contributed by atoms with Gasteiger partial charge in [0, 0.05) is 18.7 Å². The second-order valence-electron chi connectivity index (χ2n) is 5.56. The Labute approximate surface area is 110 Å². The molecule has 1 unspecified atom stereocenters. The maximum atomic E-state index is 12.2. The van der Waals surface area contributed by atoms with Crippen LogP contribution < -0.4 is 10.5 Å². The average molecular weight is 276 g/mol. The topological polar surface area (TPSA) is 81.4 Å². The van der Waals surface area contributed by atoms with Crippen molar-refractivity contribution in [3.63, 3.8) is 0 Å². The van der Waals surface area contributed by atoms with Gasteiger partial charge in [0.25, 0.3) is 0 Å². The lowest BCUT2D eigenvalue weighted by Crippen LogP contribution is -2.53. The Kier molecular flexibility index (Phi) is 4.64. The van der Waals surface area contributed by atoms with Gasteiger partial charge in [-0.15, -0.1) is 0 Å². The van der Waals surface area contributed by atoms with Crippen LogP contribution in [0.3, 0.4) is 0 Å². The molecule has 1 atom stereocenters. The molecule has 0 amide bonds. The van der Waals surface area contributed by atoms with Crippen LogP contribution in [0.15, 0.2) is 0 Å². The third-order valence-electron chi connectivity index (χ3n) is 4.00. The zero-order valence-corrected chi connectivity index (χ0v) is 11.7. The van der Waals surface area contributed by atoms with Gasteiger partial charge in [-0.3, -0.25) is 0 Å². The van der Waals surface area contributed by atoms with E-state index in [9.17, 15) is 8.42 Å². The van der Waals surface area contributed by atoms with Crippen molar-refractivity contribution in [1.29, 1.82) is 0 Å². The molecule has 18 heavy (non-hydrogen) atoms. The highest BCUT2D eigenvalue weighted by atomic mass is 32.2. The van der Waals surface area contributed by atoms with Crippen LogP contribution in [0.1, 0.15) is 44.9 Å². The molecule has 1 heterocycles. The summed E-state index contributed by atoms with van der Waals surface area (Å²) >= 11 is 0. The van der Waals surface area contributed by atoms with E-state index in [-0.39, 0.29) is 11.9 Å². The molecule has 0 bridgehead atoms. The van der Waals surface area contributed by atoms with Crippen molar-refractivity contribution in [2.75, 3.05) is 18.9 Å². The minimum absolute atomic E-state index is 0.0781. The van der Waals surface area contributed by atoms with Gasteiger partial charge in [0.05, 0.1) is 11.9 Å². The van der Waals surface area contributed by atoms with Gasteiger partial charge >= 0.3 is 0 Å². The van der Waals surface area contributed by atoms with Gasteiger partial charge in [-0.2, -0.15) is 0 Å². The zero-order chi connectivity index (χ0) is 13.1. The van der Waals surface area contributed by atoms with E-state index in [4.69, 9.17) is 10.5 Å². The normalized spacial score (nSPS) is 28.4. The van der Waals surface area contributed by atoms with Crippen LogP contribution in [0, 0.1) is 0 Å². The van der Waals surface area contributed by atoms with Gasteiger partial charge in [-0.25, -0.2) is 13.1 Å². The lowest BCUT2D eigenvalue weighted by atomic mass is 10.0. The molecule has 1 aliphatic heterocycles. The molecular formula is C12H24N2O3S. The summed E-state index contributed by atoms with van der Waals surface area (Å²) in [5.74, 6) is 0.0781. The average Bonchev–Trinajstić information content (AvgIpc) is 2.78. The lowest BCUT2D eigenvalue weighted by Gasteiger charge is -2.30. The summed E-state index contributed by atoms with van der Waals surface area (Å²) in [6.07, 6.45) is 6.62. The first-order valence-corrected chi connectivity index (χ1v) is 8.54. The van der Waals surface area contributed by atoms with Crippen molar-refractivity contribution in [3.05, 3.63) is 0 Å². The van der Waals surface area contributed by atoms with Crippen molar-refractivity contribution >= 4 is 10.0 Å². The van der Waals surface area contributed by atoms with Crippen molar-refractivity contribution in [3.8, 4) is 0 Å². The van der Waals surface area contributed by atoms with E-state index < -0.39 is 15.6 Å². The second-order valence-corrected chi connectivity index (χ2v) is 7.33. The molecule has 0 aromatic heterocycles. The predicted octanol–water partition coefficient (Wildman–Crippen LogP) is 0.746. The molecule has 1 saturated heterocycles. The van der Waals surface area contributed by atoms with E-state index in [0.29, 0.717) is 13.2 Å². The Hall–Kier alpha value is -0.170. The highest BCUT2D eigenvalue weighted by Crippen LogP contribution is 2.29. The summed E-state index contributed by atoms with van der Waals surface area (Å²) in [6, 6.07) is 0. The molecule has 1 saturated carbocycles. The van der Waals surface area contributed by atoms with Crippen molar-refractivity contribution in [2.24, 2.45) is 5.73 Å². The Balaban J connectivity index is 1.93. The van der Waals surface area contributed by atoms with Crippen LogP contribution in [0.2, 0.25) is 0 Å². The molecule has 0 aromatic rings. The van der Waals surface area contributed by atoms with E-state index in [2.05, 4.69) is 4.72 Å². The van der Waals surface area contributed by atoms with Gasteiger partial charge in [0.15, 0.2) is 0 Å². The summed E-state index contributed by atoms with van der Waals surface area (Å²) < 4.78 is 32.7. The van der Waals surface area contributed by atoms with E-state index >= 15 is 0 Å². The predicted molar refractivity (Wildman–Crippen MR) is 70.8 cm³/mol. The van der Waals surface area contributed by atoms with Gasteiger partial charge in [0.2, 0.25) is 10.0 Å². The summed E-state index contributed by atoms with van der Waals surface area (Å²) in [4.78, 5) is 0. The van der Waals surface area contributed by atoms with Crippen molar-refractivity contribution in [1.82, 2.24) is 4.72 Å². The number of hydrogen-bond acceptors (Lipinski definition) is 4. The molecule has 2 rings (SSSR count). The standard InChI is InChI=1S/C12H24N2O3S/c13-10-12(6-2-3-7-12)14-18(15,16)9-11-5-1-4-8-17-11/h11,14H,1-10,13H2. The van der Waals surface area contributed by atoms with E-state index in [1.54, 1.807) is 0 Å². The third kappa shape index (κ3) is 3.66. The Morgan fingerprint density at radius 3 is 2.50 bits per heavy atom. The first-order chi connectivity index (χ1) is 8.55. The van der Waals surface area contributed by atoms with Crippen molar-refractivity contribution < 1.29 is 13.2 Å². The maximum absolute atomic E-state index is 12.2. The third-order valence-corrected chi connectivity index (χ3v) is 5.56. The van der Waals surface area contributed by atoms with Gasteiger partial charge < -0.3 is 10.5 Å². The number of sulfonamides is 1. The monoisotopic (exact) mass is 276 g/mol. The van der Waals surface area contributed by atoms with Gasteiger partial charge in [0.1, 0.15) is 0 Å². The minimum Gasteiger partial charge on any atom is -0.377 e. The first kappa shape index (κ1) is 14.2. The van der Waals surface area contributed by atoms with Crippen LogP contribution in [-0.2, 0) is 14.8 Å². The second kappa shape index (κ2) is 5.86. The van der Waals surface area contributed by atoms with Crippen LogP contribution in [-0.4, -0.2) is 39.0 Å². The summed E-state index contributed by atoms with van der Waals surface area (Å²) in [7, 11) is -3.29. The summed E-state index contributed by atoms with van der Waals surface area (Å²) in [5, 5.41) is 0. The highest BCUT2D eigenvalue weighted by Gasteiger charge is 2.37. The Bertz CT molecular complexity index is 358. The summed E-state index contributed by atoms with van der Waals surface area (Å²) in [6.45, 7) is 1.07. The Morgan fingerprint density at radius 1 is 1.22 bits per heavy atom. The van der Waals surface area contributed by atoms with Crippen LogP contribution in [0.5, 0.6) is 0 Å². The van der Waals surface area contributed by atoms with Crippen LogP contribution in [0.4, 0.5) is 0 Å². The molecule has 0 aromatic carbocycles. The highest BCUT2D eigenvalue weighted by molar-refractivity contribution is 7.89. The SMILES string of the molecule is NCC1(NS(=O)(=O)CC2CCCCO2)CCCC1. The molecule has 2 aliphatic rings. The van der Waals surface area contributed by atoms with E-state index in [0.717, 1.165) is 44.9 Å². The number of nitrogens with one attached hydrogen (secondary N) is 1. The number of rotatable bonds is 5. The fourth-order valence-electron chi connectivity index (χ4n) is 2.95. The number of hydrogen-bond donors (Lipinski definition) is 2. The molecular weight excluding hydrogens is 252 g/mol. The fourth-order valence-corrected chi connectivity index (χ4v) is 4.74. The molecule has 0 radical (unpaired) electrons. The fraction of sp³-hybridized carbons (Fsp3) is 1.00. The molecule has 106 valence electrons. The number of nitrogens with two attached hydrogens (primary N) is 1. The lowest BCUT2D eigenvalue weighted by molar-refractivity contribution is 0.0303. The van der Waals surface area contributed by atoms with Gasteiger partial charge in [-0.05, 0) is 32.1 Å². The van der Waals surface area contributed by atoms with Crippen LogP contribution >= 0.6 is 0 Å². The van der Waals surface area contributed by atoms with E-state index in [1.165, 1.54) is 0 Å².